The summed E-state index contributed by atoms with van der Waals surface area (Å²) in [7, 11) is 0. The van der Waals surface area contributed by atoms with Crippen LogP contribution in [0.5, 0.6) is 0 Å². The molecule has 1 aliphatic rings. The molecule has 0 spiro atoms. The molecule has 2 aromatic heterocycles. The largest absolute Gasteiger partial charge is 0.358 e. The molecule has 2 N–H and O–H groups in total. The Balaban J connectivity index is 1.45. The maximum atomic E-state index is 12.7. The highest BCUT2D eigenvalue weighted by Gasteiger charge is 2.43. The second-order valence-electron chi connectivity index (χ2n) is 8.23. The van der Waals surface area contributed by atoms with Crippen LogP contribution in [-0.4, -0.2) is 27.0 Å². The van der Waals surface area contributed by atoms with Crippen LogP contribution in [0.25, 0.3) is 10.9 Å². The third-order valence-electron chi connectivity index (χ3n) is 6.07. The molecule has 1 aliphatic carbocycles. The van der Waals surface area contributed by atoms with Crippen LogP contribution in [0.3, 0.4) is 0 Å². The van der Waals surface area contributed by atoms with Crippen LogP contribution in [-0.2, 0) is 17.8 Å². The van der Waals surface area contributed by atoms with E-state index in [1.54, 1.807) is 0 Å². The quantitative estimate of drug-likeness (QED) is 0.700. The van der Waals surface area contributed by atoms with Gasteiger partial charge in [0.2, 0.25) is 5.91 Å². The van der Waals surface area contributed by atoms with Crippen molar-refractivity contribution < 1.29 is 4.79 Å². The molecule has 1 aromatic carbocycles. The Hall–Kier alpha value is -2.56. The van der Waals surface area contributed by atoms with Gasteiger partial charge < -0.3 is 14.9 Å². The number of amides is 1. The number of hydrogen-bond acceptors (Lipinski definition) is 2. The Morgan fingerprint density at radius 1 is 1.22 bits per heavy atom. The molecular weight excluding hydrogens is 336 g/mol. The second-order valence-corrected chi connectivity index (χ2v) is 8.23. The molecule has 1 fully saturated rings. The van der Waals surface area contributed by atoms with Crippen molar-refractivity contribution in [3.05, 3.63) is 52.7 Å². The van der Waals surface area contributed by atoms with Gasteiger partial charge in [0.05, 0.1) is 6.42 Å². The van der Waals surface area contributed by atoms with Crippen molar-refractivity contribution in [2.45, 2.75) is 53.5 Å². The lowest BCUT2D eigenvalue weighted by atomic mass is 10.0. The second kappa shape index (κ2) is 6.55. The molecule has 1 amide bonds. The number of carbonyl (C=O) groups excluding carboxylic acids is 1. The summed E-state index contributed by atoms with van der Waals surface area (Å²) in [4.78, 5) is 20.5. The lowest BCUT2D eigenvalue weighted by molar-refractivity contribution is -0.120. The maximum absolute atomic E-state index is 12.7. The van der Waals surface area contributed by atoms with E-state index >= 15 is 0 Å². The lowest BCUT2D eigenvalue weighted by Crippen LogP contribution is -2.33. The molecule has 5 nitrogen and oxygen atoms in total. The molecule has 0 radical (unpaired) electrons. The minimum absolute atomic E-state index is 0.105. The van der Waals surface area contributed by atoms with Crippen LogP contribution in [0.15, 0.2) is 24.5 Å². The number of fused-ring (bicyclic) bond motifs is 1. The first-order chi connectivity index (χ1) is 12.9. The summed E-state index contributed by atoms with van der Waals surface area (Å²) < 4.78 is 2.19. The van der Waals surface area contributed by atoms with Crippen LogP contribution in [0.2, 0.25) is 0 Å². The number of carbonyl (C=O) groups is 1. The topological polar surface area (TPSA) is 62.7 Å². The van der Waals surface area contributed by atoms with Gasteiger partial charge >= 0.3 is 0 Å². The van der Waals surface area contributed by atoms with Gasteiger partial charge in [-0.1, -0.05) is 12.1 Å². The van der Waals surface area contributed by atoms with Crippen molar-refractivity contribution in [2.24, 2.45) is 5.41 Å². The summed E-state index contributed by atoms with van der Waals surface area (Å²) in [5, 5.41) is 4.40. The predicted molar refractivity (Wildman–Crippen MR) is 108 cm³/mol. The third-order valence-corrected chi connectivity index (χ3v) is 6.07. The number of imidazole rings is 1. The van der Waals surface area contributed by atoms with E-state index in [1.807, 2.05) is 19.3 Å². The molecule has 2 heterocycles. The fraction of sp³-hybridized carbons (Fsp3) is 0.455. The zero-order chi connectivity index (χ0) is 19.2. The first-order valence-electron chi connectivity index (χ1n) is 9.70. The molecular formula is C22H28N4O. The van der Waals surface area contributed by atoms with Crippen LogP contribution < -0.4 is 5.32 Å². The maximum Gasteiger partial charge on any atom is 0.224 e. The highest BCUT2D eigenvalue weighted by atomic mass is 16.1. The number of aryl methyl sites for hydroxylation is 4. The zero-order valence-corrected chi connectivity index (χ0v) is 16.6. The zero-order valence-electron chi connectivity index (χ0n) is 16.6. The smallest absolute Gasteiger partial charge is 0.224 e. The fourth-order valence-corrected chi connectivity index (χ4v) is 4.04. The highest BCUT2D eigenvalue weighted by Crippen LogP contribution is 2.46. The molecule has 5 heteroatoms. The van der Waals surface area contributed by atoms with Gasteiger partial charge in [0.25, 0.3) is 0 Å². The minimum atomic E-state index is 0.105. The van der Waals surface area contributed by atoms with Crippen molar-refractivity contribution in [3.63, 3.8) is 0 Å². The average molecular weight is 364 g/mol. The average Bonchev–Trinajstić information content (AvgIpc) is 3.17. The number of benzene rings is 1. The molecule has 0 bridgehead atoms. The van der Waals surface area contributed by atoms with Crippen LogP contribution in [0.1, 0.15) is 41.1 Å². The number of nitrogens with zero attached hydrogens (tertiary/aromatic N) is 2. The number of hydrogen-bond donors (Lipinski definition) is 2. The Morgan fingerprint density at radius 3 is 2.63 bits per heavy atom. The molecule has 27 heavy (non-hydrogen) atoms. The van der Waals surface area contributed by atoms with Crippen molar-refractivity contribution in [1.82, 2.24) is 19.9 Å². The van der Waals surface area contributed by atoms with Gasteiger partial charge in [-0.2, -0.15) is 0 Å². The predicted octanol–water partition coefficient (Wildman–Crippen LogP) is 3.74. The summed E-state index contributed by atoms with van der Waals surface area (Å²) in [5.41, 5.74) is 6.01. The number of aromatic amines is 1. The molecule has 1 saturated carbocycles. The number of rotatable bonds is 6. The lowest BCUT2D eigenvalue weighted by Gasteiger charge is -2.18. The fourth-order valence-electron chi connectivity index (χ4n) is 4.04. The molecule has 4 rings (SSSR count). The van der Waals surface area contributed by atoms with Crippen molar-refractivity contribution >= 4 is 16.8 Å². The van der Waals surface area contributed by atoms with Gasteiger partial charge in [-0.25, -0.2) is 4.98 Å². The summed E-state index contributed by atoms with van der Waals surface area (Å²) in [6.45, 7) is 9.98. The summed E-state index contributed by atoms with van der Waals surface area (Å²) >= 11 is 0. The number of H-pyrrole nitrogens is 1. The minimum Gasteiger partial charge on any atom is -0.358 e. The van der Waals surface area contributed by atoms with E-state index in [2.05, 4.69) is 52.8 Å². The Kier molecular flexibility index (Phi) is 4.33. The summed E-state index contributed by atoms with van der Waals surface area (Å²) in [5.74, 6) is 1.14. The molecule has 0 atom stereocenters. The van der Waals surface area contributed by atoms with Crippen molar-refractivity contribution in [2.75, 3.05) is 6.54 Å². The van der Waals surface area contributed by atoms with E-state index in [-0.39, 0.29) is 11.3 Å². The van der Waals surface area contributed by atoms with Crippen LogP contribution in [0, 0.1) is 33.1 Å². The Bertz CT molecular complexity index is 1010. The van der Waals surface area contributed by atoms with Gasteiger partial charge in [-0.15, -0.1) is 0 Å². The molecule has 3 aromatic rings. The number of nitrogens with one attached hydrogen (secondary N) is 2. The van der Waals surface area contributed by atoms with Gasteiger partial charge in [0, 0.05) is 47.5 Å². The monoisotopic (exact) mass is 364 g/mol. The summed E-state index contributed by atoms with van der Waals surface area (Å²) in [6.07, 6.45) is 6.62. The molecule has 142 valence electrons. The van der Waals surface area contributed by atoms with Crippen molar-refractivity contribution in [3.8, 4) is 0 Å². The Labute approximate surface area is 160 Å². The van der Waals surface area contributed by atoms with Gasteiger partial charge in [0.15, 0.2) is 0 Å². The van der Waals surface area contributed by atoms with E-state index in [0.29, 0.717) is 6.42 Å². The SMILES string of the molecule is Cc1[nH]c2c(C)ccc(C)c2c1CC(=O)NCC1(Cn2ccnc2C)CC1. The Morgan fingerprint density at radius 2 is 1.96 bits per heavy atom. The van der Waals surface area contributed by atoms with Crippen LogP contribution in [0.4, 0.5) is 0 Å². The molecule has 0 unspecified atom stereocenters. The van der Waals surface area contributed by atoms with Gasteiger partial charge in [-0.05, 0) is 57.2 Å². The first-order valence-corrected chi connectivity index (χ1v) is 9.70. The van der Waals surface area contributed by atoms with Gasteiger partial charge in [0.1, 0.15) is 5.82 Å². The first kappa shape index (κ1) is 17.8. The van der Waals surface area contributed by atoms with Crippen molar-refractivity contribution in [1.29, 1.82) is 0 Å². The van der Waals surface area contributed by atoms with Gasteiger partial charge in [-0.3, -0.25) is 4.79 Å². The van der Waals surface area contributed by atoms with E-state index in [4.69, 9.17) is 0 Å². The number of aromatic nitrogens is 3. The van der Waals surface area contributed by atoms with E-state index in [9.17, 15) is 4.79 Å². The van der Waals surface area contributed by atoms with E-state index in [1.165, 1.54) is 16.5 Å². The van der Waals surface area contributed by atoms with E-state index in [0.717, 1.165) is 48.5 Å². The highest BCUT2D eigenvalue weighted by molar-refractivity contribution is 5.93. The molecule has 0 aliphatic heterocycles. The van der Waals surface area contributed by atoms with Crippen LogP contribution >= 0.6 is 0 Å². The summed E-state index contributed by atoms with van der Waals surface area (Å²) in [6, 6.07) is 4.27. The standard InChI is InChI=1S/C22H28N4O/c1-14-5-6-15(2)21-20(14)18(16(3)25-21)11-19(27)24-12-22(7-8-22)13-26-10-9-23-17(26)4/h5-6,9-10,25H,7-8,11-13H2,1-4H3,(H,24,27). The molecule has 0 saturated heterocycles. The third kappa shape index (κ3) is 3.38. The van der Waals surface area contributed by atoms with E-state index < -0.39 is 0 Å². The normalized spacial score (nSPS) is 15.3.